The third-order valence-corrected chi connectivity index (χ3v) is 0.945. The molecule has 0 bridgehead atoms. The highest BCUT2D eigenvalue weighted by Gasteiger charge is 1.82. The third-order valence-electron chi connectivity index (χ3n) is 0.945. The average molecular weight is 174 g/mol. The number of aliphatic hydroxyl groups excluding tert-OH is 2. The predicted octanol–water partition coefficient (Wildman–Crippen LogP) is -0.645. The monoisotopic (exact) mass is 174 g/mol. The van der Waals surface area contributed by atoms with Crippen LogP contribution in [-0.2, 0) is 9.47 Å². The van der Waals surface area contributed by atoms with Crippen LogP contribution >= 0.6 is 0 Å². The van der Waals surface area contributed by atoms with Crippen molar-refractivity contribution in [3.8, 4) is 12.0 Å². The van der Waals surface area contributed by atoms with Crippen LogP contribution in [0, 0.1) is 12.0 Å². The highest BCUT2D eigenvalue weighted by atomic mass is 16.5. The van der Waals surface area contributed by atoms with Crippen molar-refractivity contribution < 1.29 is 19.7 Å². The first kappa shape index (κ1) is 11.2. The zero-order chi connectivity index (χ0) is 9.07. The summed E-state index contributed by atoms with van der Waals surface area (Å²) >= 11 is 0. The van der Waals surface area contributed by atoms with Crippen molar-refractivity contribution in [2.75, 3.05) is 33.0 Å². The van der Waals surface area contributed by atoms with Crippen LogP contribution < -0.4 is 0 Å². The van der Waals surface area contributed by atoms with Gasteiger partial charge in [0.05, 0.1) is 26.4 Å². The Kier molecular flexibility index (Phi) is 9.59. The van der Waals surface area contributed by atoms with Crippen molar-refractivity contribution in [2.45, 2.75) is 6.42 Å². The first-order valence-corrected chi connectivity index (χ1v) is 3.81. The van der Waals surface area contributed by atoms with Gasteiger partial charge in [-0.05, 0) is 0 Å². The molecular weight excluding hydrogens is 160 g/mol. The molecule has 0 aliphatic carbocycles. The number of ether oxygens (including phenoxy) is 2. The van der Waals surface area contributed by atoms with Crippen LogP contribution in [0.15, 0.2) is 0 Å². The summed E-state index contributed by atoms with van der Waals surface area (Å²) in [5.74, 6) is 2.69. The minimum Gasteiger partial charge on any atom is -0.444 e. The number of aliphatic hydroxyl groups is 2. The lowest BCUT2D eigenvalue weighted by molar-refractivity contribution is 0.0961. The molecule has 2 N–H and O–H groups in total. The van der Waals surface area contributed by atoms with E-state index in [9.17, 15) is 0 Å². The molecule has 0 amide bonds. The maximum Gasteiger partial charge on any atom is 0.123 e. The summed E-state index contributed by atoms with van der Waals surface area (Å²) in [7, 11) is 0. The maximum atomic E-state index is 8.33. The fraction of sp³-hybridized carbons (Fsp3) is 0.750. The lowest BCUT2D eigenvalue weighted by Crippen LogP contribution is -1.99. The SMILES string of the molecule is OCCOC#CCCOCCO. The van der Waals surface area contributed by atoms with Gasteiger partial charge in [-0.2, -0.15) is 0 Å². The van der Waals surface area contributed by atoms with E-state index in [2.05, 4.69) is 16.8 Å². The van der Waals surface area contributed by atoms with Gasteiger partial charge in [-0.25, -0.2) is 0 Å². The minimum atomic E-state index is -0.0182. The Bertz CT molecular complexity index is 136. The molecule has 12 heavy (non-hydrogen) atoms. The van der Waals surface area contributed by atoms with Gasteiger partial charge in [0, 0.05) is 6.42 Å². The van der Waals surface area contributed by atoms with E-state index in [0.29, 0.717) is 19.6 Å². The quantitative estimate of drug-likeness (QED) is 0.415. The van der Waals surface area contributed by atoms with Crippen LogP contribution in [0.1, 0.15) is 6.42 Å². The van der Waals surface area contributed by atoms with Crippen molar-refractivity contribution in [1.82, 2.24) is 0 Å². The summed E-state index contributed by atoms with van der Waals surface area (Å²) in [4.78, 5) is 0. The molecule has 0 aliphatic heterocycles. The van der Waals surface area contributed by atoms with Crippen molar-refractivity contribution in [3.05, 3.63) is 0 Å². The van der Waals surface area contributed by atoms with E-state index < -0.39 is 0 Å². The first-order chi connectivity index (χ1) is 5.91. The molecule has 0 aliphatic rings. The van der Waals surface area contributed by atoms with Crippen LogP contribution in [0.4, 0.5) is 0 Å². The van der Waals surface area contributed by atoms with Crippen molar-refractivity contribution in [3.63, 3.8) is 0 Å². The molecule has 4 heteroatoms. The van der Waals surface area contributed by atoms with Gasteiger partial charge in [-0.3, -0.25) is 0 Å². The molecule has 0 aromatic carbocycles. The van der Waals surface area contributed by atoms with Crippen molar-refractivity contribution >= 4 is 0 Å². The molecule has 0 radical (unpaired) electrons. The third kappa shape index (κ3) is 9.24. The summed E-state index contributed by atoms with van der Waals surface area (Å²) in [5.41, 5.74) is 0. The van der Waals surface area contributed by atoms with Gasteiger partial charge >= 0.3 is 0 Å². The minimum absolute atomic E-state index is 0.0182. The van der Waals surface area contributed by atoms with Crippen LogP contribution in [0.5, 0.6) is 0 Å². The maximum absolute atomic E-state index is 8.33. The summed E-state index contributed by atoms with van der Waals surface area (Å²) in [6.07, 6.45) is 2.99. The summed E-state index contributed by atoms with van der Waals surface area (Å²) < 4.78 is 9.61. The van der Waals surface area contributed by atoms with Gasteiger partial charge in [0.25, 0.3) is 0 Å². The van der Waals surface area contributed by atoms with Gasteiger partial charge in [-0.1, -0.05) is 5.92 Å². The first-order valence-electron chi connectivity index (χ1n) is 3.81. The Balaban J connectivity index is 2.99. The molecule has 0 aromatic rings. The molecule has 0 spiro atoms. The topological polar surface area (TPSA) is 58.9 Å². The normalized spacial score (nSPS) is 8.83. The van der Waals surface area contributed by atoms with Crippen LogP contribution in [0.25, 0.3) is 0 Å². The molecule has 0 aromatic heterocycles. The molecule has 0 unspecified atom stereocenters. The Morgan fingerprint density at radius 2 is 1.75 bits per heavy atom. The molecule has 0 fully saturated rings. The Morgan fingerprint density at radius 3 is 2.42 bits per heavy atom. The highest BCUT2D eigenvalue weighted by molar-refractivity contribution is 4.90. The summed E-state index contributed by atoms with van der Waals surface area (Å²) in [6.45, 7) is 1.10. The van der Waals surface area contributed by atoms with Crippen LogP contribution in [0.3, 0.4) is 0 Å². The van der Waals surface area contributed by atoms with Gasteiger partial charge in [-0.15, -0.1) is 0 Å². The zero-order valence-corrected chi connectivity index (χ0v) is 6.95. The number of hydrogen-bond acceptors (Lipinski definition) is 4. The molecule has 0 atom stereocenters. The molecule has 70 valence electrons. The van der Waals surface area contributed by atoms with Crippen molar-refractivity contribution in [2.24, 2.45) is 0 Å². The summed E-state index contributed by atoms with van der Waals surface area (Å²) in [6, 6.07) is 0. The van der Waals surface area contributed by atoms with E-state index >= 15 is 0 Å². The van der Waals surface area contributed by atoms with E-state index in [0.717, 1.165) is 0 Å². The second-order valence-electron chi connectivity index (χ2n) is 1.94. The van der Waals surface area contributed by atoms with Gasteiger partial charge in [0.15, 0.2) is 0 Å². The smallest absolute Gasteiger partial charge is 0.123 e. The Hall–Kier alpha value is -0.760. The second kappa shape index (κ2) is 10.2. The number of rotatable bonds is 6. The molecule has 0 saturated heterocycles. The van der Waals surface area contributed by atoms with Gasteiger partial charge < -0.3 is 19.7 Å². The molecule has 0 saturated carbocycles. The van der Waals surface area contributed by atoms with E-state index in [4.69, 9.17) is 14.9 Å². The predicted molar refractivity (Wildman–Crippen MR) is 43.3 cm³/mol. The molecule has 4 nitrogen and oxygen atoms in total. The van der Waals surface area contributed by atoms with Crippen molar-refractivity contribution in [1.29, 1.82) is 0 Å². The Labute approximate surface area is 72.1 Å². The van der Waals surface area contributed by atoms with E-state index in [1.165, 1.54) is 0 Å². The second-order valence-corrected chi connectivity index (χ2v) is 1.94. The molecule has 0 rings (SSSR count). The zero-order valence-electron chi connectivity index (χ0n) is 6.95. The fourth-order valence-electron chi connectivity index (χ4n) is 0.489. The van der Waals surface area contributed by atoms with Gasteiger partial charge in [0.2, 0.25) is 0 Å². The highest BCUT2D eigenvalue weighted by Crippen LogP contribution is 1.79. The average Bonchev–Trinajstić information content (AvgIpc) is 2.10. The van der Waals surface area contributed by atoms with Crippen LogP contribution in [-0.4, -0.2) is 43.2 Å². The molecular formula is C8H14O4. The van der Waals surface area contributed by atoms with Gasteiger partial charge in [0.1, 0.15) is 12.7 Å². The molecule has 0 heterocycles. The largest absolute Gasteiger partial charge is 0.444 e. The lowest BCUT2D eigenvalue weighted by atomic mass is 10.5. The lowest BCUT2D eigenvalue weighted by Gasteiger charge is -1.95. The van der Waals surface area contributed by atoms with E-state index in [1.54, 1.807) is 0 Å². The number of hydrogen-bond donors (Lipinski definition) is 2. The Morgan fingerprint density at radius 1 is 1.00 bits per heavy atom. The summed E-state index contributed by atoms with van der Waals surface area (Å²) in [5, 5.41) is 16.6. The van der Waals surface area contributed by atoms with E-state index in [1.807, 2.05) is 0 Å². The fourth-order valence-corrected chi connectivity index (χ4v) is 0.489. The standard InChI is InChI=1S/C8H14O4/c9-3-7-11-5-1-2-6-12-8-4-10/h9-10H,1,3-5,7-8H2. The van der Waals surface area contributed by atoms with Crippen LogP contribution in [0.2, 0.25) is 0 Å². The van der Waals surface area contributed by atoms with E-state index in [-0.39, 0.29) is 19.8 Å².